The molecule has 2 aromatic heterocycles. The summed E-state index contributed by atoms with van der Waals surface area (Å²) in [6, 6.07) is 22.8. The number of nitro groups is 1. The van der Waals surface area contributed by atoms with Crippen LogP contribution >= 0.6 is 0 Å². The number of furan rings is 2. The second-order valence-electron chi connectivity index (χ2n) is 6.29. The van der Waals surface area contributed by atoms with Crippen molar-refractivity contribution in [1.82, 2.24) is 0 Å². The maximum atomic E-state index is 13.3. The number of nitrogens with zero attached hydrogens (tertiary/aromatic N) is 1. The summed E-state index contributed by atoms with van der Waals surface area (Å²) in [7, 11) is -4.04. The second-order valence-corrected chi connectivity index (χ2v) is 8.21. The fourth-order valence-corrected chi connectivity index (χ4v) is 4.30. The summed E-state index contributed by atoms with van der Waals surface area (Å²) in [4.78, 5) is 10.1. The third-order valence-electron chi connectivity index (χ3n) is 4.32. The van der Waals surface area contributed by atoms with Crippen LogP contribution in [0.15, 0.2) is 98.7 Å². The van der Waals surface area contributed by atoms with E-state index in [1.165, 1.54) is 24.3 Å². The maximum absolute atomic E-state index is 13.3. The highest BCUT2D eigenvalue weighted by atomic mass is 32.2. The zero-order chi connectivity index (χ0) is 21.1. The molecule has 0 saturated carbocycles. The van der Waals surface area contributed by atoms with E-state index in [1.807, 2.05) is 30.3 Å². The van der Waals surface area contributed by atoms with E-state index in [-0.39, 0.29) is 21.3 Å². The molecule has 0 atom stereocenters. The topological polar surface area (TPSA) is 104 Å². The Morgan fingerprint density at radius 1 is 0.833 bits per heavy atom. The summed E-state index contributed by atoms with van der Waals surface area (Å²) in [6.45, 7) is 0. The number of rotatable bonds is 6. The minimum absolute atomic E-state index is 0.0325. The van der Waals surface area contributed by atoms with Crippen LogP contribution in [0.3, 0.4) is 0 Å². The highest BCUT2D eigenvalue weighted by molar-refractivity contribution is 8.00. The minimum Gasteiger partial charge on any atom is -0.457 e. The summed E-state index contributed by atoms with van der Waals surface area (Å²) < 4.78 is 37.5. The molecule has 0 unspecified atom stereocenters. The van der Waals surface area contributed by atoms with Gasteiger partial charge in [0.1, 0.15) is 21.3 Å². The van der Waals surface area contributed by atoms with Gasteiger partial charge >= 0.3 is 5.88 Å². The minimum atomic E-state index is -4.04. The molecule has 0 amide bonds. The molecule has 0 spiro atoms. The fraction of sp³-hybridized carbons (Fsp3) is 0. The van der Waals surface area contributed by atoms with Crippen molar-refractivity contribution in [1.29, 1.82) is 0 Å². The van der Waals surface area contributed by atoms with Gasteiger partial charge < -0.3 is 8.83 Å². The zero-order valence-corrected chi connectivity index (χ0v) is 16.3. The van der Waals surface area contributed by atoms with E-state index in [2.05, 4.69) is 0 Å². The van der Waals surface area contributed by atoms with E-state index >= 15 is 0 Å². The smallest absolute Gasteiger partial charge is 0.433 e. The first-order chi connectivity index (χ1) is 14.4. The predicted molar refractivity (Wildman–Crippen MR) is 111 cm³/mol. The van der Waals surface area contributed by atoms with Crippen molar-refractivity contribution in [3.63, 3.8) is 0 Å². The maximum Gasteiger partial charge on any atom is 0.433 e. The Labute approximate surface area is 172 Å². The van der Waals surface area contributed by atoms with Crippen molar-refractivity contribution in [3.05, 3.63) is 107 Å². The Bertz CT molecular complexity index is 1320. The normalized spacial score (nSPS) is 12.1. The molecule has 0 radical (unpaired) electrons. The van der Waals surface area contributed by atoms with Crippen LogP contribution < -0.4 is 0 Å². The predicted octanol–water partition coefficient (Wildman–Crippen LogP) is 5.42. The fourth-order valence-electron chi connectivity index (χ4n) is 2.88. The lowest BCUT2D eigenvalue weighted by atomic mass is 10.2. The lowest BCUT2D eigenvalue weighted by molar-refractivity contribution is -0.402. The van der Waals surface area contributed by atoms with Gasteiger partial charge in [0.05, 0.1) is 11.0 Å². The van der Waals surface area contributed by atoms with Gasteiger partial charge in [-0.25, -0.2) is 8.42 Å². The molecule has 4 aromatic rings. The summed E-state index contributed by atoms with van der Waals surface area (Å²) in [5, 5.41) is 11.0. The van der Waals surface area contributed by atoms with Crippen molar-refractivity contribution in [2.45, 2.75) is 4.90 Å². The molecule has 0 N–H and O–H groups in total. The van der Waals surface area contributed by atoms with Gasteiger partial charge in [0, 0.05) is 11.6 Å². The third kappa shape index (κ3) is 3.81. The van der Waals surface area contributed by atoms with Crippen molar-refractivity contribution in [2.75, 3.05) is 0 Å². The third-order valence-corrected chi connectivity index (χ3v) is 6.11. The Kier molecular flexibility index (Phi) is 5.07. The molecule has 150 valence electrons. The highest BCUT2D eigenvalue weighted by Gasteiger charge is 2.27. The lowest BCUT2D eigenvalue weighted by Gasteiger charge is -2.06. The average Bonchev–Trinajstić information content (AvgIpc) is 3.43. The van der Waals surface area contributed by atoms with E-state index in [0.717, 1.165) is 11.6 Å². The molecule has 2 aromatic carbocycles. The van der Waals surface area contributed by atoms with Gasteiger partial charge in [-0.3, -0.25) is 10.1 Å². The van der Waals surface area contributed by atoms with E-state index in [9.17, 15) is 18.5 Å². The summed E-state index contributed by atoms with van der Waals surface area (Å²) >= 11 is 0. The van der Waals surface area contributed by atoms with Crippen molar-refractivity contribution >= 4 is 26.7 Å². The van der Waals surface area contributed by atoms with Crippen LogP contribution in [0, 0.1) is 10.1 Å². The number of benzene rings is 2. The van der Waals surface area contributed by atoms with Gasteiger partial charge in [-0.15, -0.1) is 0 Å². The first-order valence-corrected chi connectivity index (χ1v) is 10.4. The molecule has 2 heterocycles. The van der Waals surface area contributed by atoms with Crippen LogP contribution in [-0.2, 0) is 9.84 Å². The first-order valence-electron chi connectivity index (χ1n) is 8.87. The van der Waals surface area contributed by atoms with Crippen LogP contribution in [0.25, 0.3) is 22.3 Å². The van der Waals surface area contributed by atoms with Gasteiger partial charge in [0.15, 0.2) is 5.76 Å². The molecular formula is C22H15NO6S. The second kappa shape index (κ2) is 7.84. The van der Waals surface area contributed by atoms with Gasteiger partial charge in [-0.05, 0) is 30.3 Å². The highest BCUT2D eigenvalue weighted by Crippen LogP contribution is 2.34. The molecular weight excluding hydrogens is 406 g/mol. The zero-order valence-electron chi connectivity index (χ0n) is 15.5. The molecule has 0 fully saturated rings. The van der Waals surface area contributed by atoms with Crippen molar-refractivity contribution < 1.29 is 22.2 Å². The summed E-state index contributed by atoms with van der Waals surface area (Å²) in [5.41, 5.74) is 0.832. The Hall–Kier alpha value is -3.91. The molecule has 4 rings (SSSR count). The quantitative estimate of drug-likeness (QED) is 0.304. The summed E-state index contributed by atoms with van der Waals surface area (Å²) in [6.07, 6.45) is 1.30. The first kappa shape index (κ1) is 19.4. The molecule has 0 aliphatic heterocycles. The van der Waals surface area contributed by atoms with Crippen LogP contribution in [0.5, 0.6) is 0 Å². The number of hydrogen-bond donors (Lipinski definition) is 0. The molecule has 30 heavy (non-hydrogen) atoms. The summed E-state index contributed by atoms with van der Waals surface area (Å²) in [5.74, 6) is 0.123. The Balaban J connectivity index is 1.83. The molecule has 0 bridgehead atoms. The van der Waals surface area contributed by atoms with E-state index in [1.54, 1.807) is 30.3 Å². The van der Waals surface area contributed by atoms with Crippen LogP contribution in [0.1, 0.15) is 11.5 Å². The largest absolute Gasteiger partial charge is 0.457 e. The van der Waals surface area contributed by atoms with Crippen LogP contribution in [0.2, 0.25) is 0 Å². The Morgan fingerprint density at radius 2 is 1.50 bits per heavy atom. The molecule has 0 aliphatic rings. The van der Waals surface area contributed by atoms with Crippen LogP contribution in [-0.4, -0.2) is 13.3 Å². The van der Waals surface area contributed by atoms with Gasteiger partial charge in [0.2, 0.25) is 9.84 Å². The lowest BCUT2D eigenvalue weighted by Crippen LogP contribution is -2.03. The SMILES string of the molecule is O=[N+]([O-])c1ccc(/C(=C\c2ccc(-c3ccccc3)o2)S(=O)(=O)c2ccccc2)o1. The number of hydrogen-bond acceptors (Lipinski definition) is 6. The van der Waals surface area contributed by atoms with Crippen molar-refractivity contribution in [3.8, 4) is 11.3 Å². The van der Waals surface area contributed by atoms with Crippen LogP contribution in [0.4, 0.5) is 5.88 Å². The van der Waals surface area contributed by atoms with E-state index < -0.39 is 20.6 Å². The van der Waals surface area contributed by atoms with Gasteiger partial charge in [-0.1, -0.05) is 48.5 Å². The standard InChI is InChI=1S/C22H15NO6S/c24-23(25)22-14-13-20(29-22)21(30(26,27)18-9-5-2-6-10-18)15-17-11-12-19(28-17)16-7-3-1-4-8-16/h1-15H/b21-15+. The molecule has 8 heteroatoms. The monoisotopic (exact) mass is 421 g/mol. The average molecular weight is 421 g/mol. The van der Waals surface area contributed by atoms with E-state index in [0.29, 0.717) is 5.76 Å². The van der Waals surface area contributed by atoms with Gasteiger partial charge in [-0.2, -0.15) is 0 Å². The molecule has 0 saturated heterocycles. The number of sulfone groups is 1. The van der Waals surface area contributed by atoms with Crippen molar-refractivity contribution in [2.24, 2.45) is 0 Å². The van der Waals surface area contributed by atoms with E-state index in [4.69, 9.17) is 8.83 Å². The Morgan fingerprint density at radius 3 is 2.13 bits per heavy atom. The molecule has 7 nitrogen and oxygen atoms in total. The van der Waals surface area contributed by atoms with Gasteiger partial charge in [0.25, 0.3) is 0 Å². The molecule has 0 aliphatic carbocycles.